The fraction of sp³-hybridized carbons (Fsp3) is 0.739. The first kappa shape index (κ1) is 21.6. The number of halogens is 1. The Morgan fingerprint density at radius 1 is 0.708 bits per heavy atom. The first-order valence-electron chi connectivity index (χ1n) is 10.3. The van der Waals surface area contributed by atoms with Gasteiger partial charge in [-0.2, -0.15) is 0 Å². The van der Waals surface area contributed by atoms with Crippen LogP contribution in [0.4, 0.5) is 0 Å². The minimum Gasteiger partial charge on any atom is -0.122 e. The molecule has 0 aliphatic rings. The number of benzene rings is 1. The van der Waals surface area contributed by atoms with E-state index in [1.54, 1.807) is 0 Å². The van der Waals surface area contributed by atoms with Gasteiger partial charge in [0, 0.05) is 5.88 Å². The summed E-state index contributed by atoms with van der Waals surface area (Å²) in [5, 5.41) is 0. The minimum atomic E-state index is 0.648. The van der Waals surface area contributed by atoms with Gasteiger partial charge in [-0.15, -0.1) is 11.6 Å². The third-order valence-corrected chi connectivity index (χ3v) is 5.68. The smallest absolute Gasteiger partial charge is 0.0476 e. The largest absolute Gasteiger partial charge is 0.122 e. The van der Waals surface area contributed by atoms with Crippen molar-refractivity contribution in [2.75, 3.05) is 0 Å². The van der Waals surface area contributed by atoms with Gasteiger partial charge in [0.15, 0.2) is 0 Å². The van der Waals surface area contributed by atoms with E-state index in [1.807, 2.05) is 0 Å². The van der Waals surface area contributed by atoms with Crippen LogP contribution < -0.4 is 0 Å². The van der Waals surface area contributed by atoms with E-state index >= 15 is 0 Å². The summed E-state index contributed by atoms with van der Waals surface area (Å²) in [4.78, 5) is 0. The highest BCUT2D eigenvalue weighted by Gasteiger charge is 2.07. The van der Waals surface area contributed by atoms with Crippen LogP contribution in [-0.2, 0) is 12.3 Å². The molecule has 0 aliphatic heterocycles. The van der Waals surface area contributed by atoms with Gasteiger partial charge in [-0.3, -0.25) is 0 Å². The average Bonchev–Trinajstić information content (AvgIpc) is 2.59. The van der Waals surface area contributed by atoms with E-state index < -0.39 is 0 Å². The van der Waals surface area contributed by atoms with Gasteiger partial charge in [0.25, 0.3) is 0 Å². The molecule has 138 valence electrons. The summed E-state index contributed by atoms with van der Waals surface area (Å²) in [6.07, 6.45) is 18.2. The van der Waals surface area contributed by atoms with Crippen LogP contribution in [0.25, 0.3) is 0 Å². The Bertz CT molecular complexity index is 436. The van der Waals surface area contributed by atoms with Gasteiger partial charge in [0.05, 0.1) is 0 Å². The third-order valence-electron chi connectivity index (χ3n) is 5.39. The van der Waals surface area contributed by atoms with E-state index in [4.69, 9.17) is 11.6 Å². The molecule has 24 heavy (non-hydrogen) atoms. The molecule has 1 aromatic carbocycles. The number of alkyl halides is 1. The Morgan fingerprint density at radius 2 is 1.21 bits per heavy atom. The predicted octanol–water partition coefficient (Wildman–Crippen LogP) is 8.29. The van der Waals surface area contributed by atoms with E-state index in [1.165, 1.54) is 106 Å². The van der Waals surface area contributed by atoms with Gasteiger partial charge in [-0.1, -0.05) is 89.7 Å². The molecule has 0 bridgehead atoms. The van der Waals surface area contributed by atoms with Crippen LogP contribution in [0, 0.1) is 13.8 Å². The van der Waals surface area contributed by atoms with Gasteiger partial charge >= 0.3 is 0 Å². The van der Waals surface area contributed by atoms with Crippen LogP contribution >= 0.6 is 11.6 Å². The molecule has 0 radical (unpaired) electrons. The molecule has 0 heterocycles. The Morgan fingerprint density at radius 3 is 1.71 bits per heavy atom. The number of unbranched alkanes of at least 4 members (excludes halogenated alkanes) is 11. The van der Waals surface area contributed by atoms with E-state index in [0.29, 0.717) is 5.88 Å². The van der Waals surface area contributed by atoms with E-state index in [-0.39, 0.29) is 0 Å². The molecule has 0 fully saturated rings. The molecular formula is C23H39Cl. The zero-order valence-corrected chi connectivity index (χ0v) is 17.2. The van der Waals surface area contributed by atoms with Crippen molar-refractivity contribution in [2.45, 2.75) is 110 Å². The lowest BCUT2D eigenvalue weighted by Gasteiger charge is -2.13. The van der Waals surface area contributed by atoms with Crippen molar-refractivity contribution in [3.8, 4) is 0 Å². The third kappa shape index (κ3) is 8.56. The molecule has 0 saturated heterocycles. The van der Waals surface area contributed by atoms with Crippen molar-refractivity contribution >= 4 is 11.6 Å². The van der Waals surface area contributed by atoms with Crippen molar-refractivity contribution in [1.82, 2.24) is 0 Å². The highest BCUT2D eigenvalue weighted by molar-refractivity contribution is 6.17. The molecule has 0 atom stereocenters. The Kier molecular flexibility index (Phi) is 12.4. The van der Waals surface area contributed by atoms with Crippen LogP contribution in [-0.4, -0.2) is 0 Å². The zero-order chi connectivity index (χ0) is 17.6. The summed E-state index contributed by atoms with van der Waals surface area (Å²) in [7, 11) is 0. The molecule has 0 aromatic heterocycles. The first-order valence-corrected chi connectivity index (χ1v) is 10.9. The molecule has 0 N–H and O–H groups in total. The van der Waals surface area contributed by atoms with Crippen molar-refractivity contribution in [2.24, 2.45) is 0 Å². The van der Waals surface area contributed by atoms with Crippen molar-refractivity contribution in [1.29, 1.82) is 0 Å². The monoisotopic (exact) mass is 350 g/mol. The molecule has 0 spiro atoms. The molecule has 0 unspecified atom stereocenters. The molecule has 1 heteroatoms. The van der Waals surface area contributed by atoms with Crippen molar-refractivity contribution in [3.05, 3.63) is 34.4 Å². The lowest BCUT2D eigenvalue weighted by Crippen LogP contribution is -1.98. The summed E-state index contributed by atoms with van der Waals surface area (Å²) < 4.78 is 0. The number of hydrogen-bond donors (Lipinski definition) is 0. The second-order valence-corrected chi connectivity index (χ2v) is 7.69. The summed E-state index contributed by atoms with van der Waals surface area (Å²) in [5.74, 6) is 0.648. The summed E-state index contributed by atoms with van der Waals surface area (Å²) in [5.41, 5.74) is 5.70. The standard InChI is InChI=1S/C23H39Cl/c1-4-5-6-7-8-9-10-11-12-13-14-15-16-23-21(3)20(2)17-18-22(23)19-24/h17-18H,4-16,19H2,1-3H3. The first-order chi connectivity index (χ1) is 11.7. The van der Waals surface area contributed by atoms with E-state index in [0.717, 1.165) is 0 Å². The maximum absolute atomic E-state index is 6.11. The fourth-order valence-electron chi connectivity index (χ4n) is 3.55. The van der Waals surface area contributed by atoms with Gasteiger partial charge < -0.3 is 0 Å². The lowest BCUT2D eigenvalue weighted by molar-refractivity contribution is 0.544. The molecule has 0 amide bonds. The zero-order valence-electron chi connectivity index (χ0n) is 16.4. The maximum atomic E-state index is 6.11. The number of rotatable bonds is 14. The lowest BCUT2D eigenvalue weighted by atomic mass is 9.94. The number of hydrogen-bond acceptors (Lipinski definition) is 0. The van der Waals surface area contributed by atoms with Gasteiger partial charge in [0.1, 0.15) is 0 Å². The van der Waals surface area contributed by atoms with Crippen LogP contribution in [0.2, 0.25) is 0 Å². The van der Waals surface area contributed by atoms with Crippen LogP contribution in [0.1, 0.15) is 106 Å². The highest BCUT2D eigenvalue weighted by Crippen LogP contribution is 2.22. The highest BCUT2D eigenvalue weighted by atomic mass is 35.5. The van der Waals surface area contributed by atoms with Crippen molar-refractivity contribution in [3.63, 3.8) is 0 Å². The molecular weight excluding hydrogens is 312 g/mol. The Balaban J connectivity index is 2.06. The Hall–Kier alpha value is -0.490. The molecule has 0 aliphatic carbocycles. The van der Waals surface area contributed by atoms with Crippen LogP contribution in [0.15, 0.2) is 12.1 Å². The van der Waals surface area contributed by atoms with Gasteiger partial charge in [-0.25, -0.2) is 0 Å². The molecule has 1 aromatic rings. The predicted molar refractivity (Wildman–Crippen MR) is 110 cm³/mol. The summed E-state index contributed by atoms with van der Waals surface area (Å²) in [6.45, 7) is 6.75. The minimum absolute atomic E-state index is 0.648. The summed E-state index contributed by atoms with van der Waals surface area (Å²) >= 11 is 6.11. The Labute approximate surface area is 156 Å². The second kappa shape index (κ2) is 13.8. The fourth-order valence-corrected chi connectivity index (χ4v) is 3.80. The maximum Gasteiger partial charge on any atom is 0.0476 e. The normalized spacial score (nSPS) is 11.2. The molecule has 0 nitrogen and oxygen atoms in total. The van der Waals surface area contributed by atoms with E-state index in [9.17, 15) is 0 Å². The quantitative estimate of drug-likeness (QED) is 0.234. The summed E-state index contributed by atoms with van der Waals surface area (Å²) in [6, 6.07) is 4.42. The van der Waals surface area contributed by atoms with Crippen LogP contribution in [0.5, 0.6) is 0 Å². The molecule has 0 saturated carbocycles. The average molecular weight is 351 g/mol. The van der Waals surface area contributed by atoms with Crippen LogP contribution in [0.3, 0.4) is 0 Å². The number of aryl methyl sites for hydroxylation is 1. The SMILES string of the molecule is CCCCCCCCCCCCCCc1c(CCl)ccc(C)c1C. The molecule has 1 rings (SSSR count). The second-order valence-electron chi connectivity index (χ2n) is 7.42. The van der Waals surface area contributed by atoms with E-state index in [2.05, 4.69) is 32.9 Å². The van der Waals surface area contributed by atoms with Crippen molar-refractivity contribution < 1.29 is 0 Å². The van der Waals surface area contributed by atoms with Gasteiger partial charge in [-0.05, 0) is 48.9 Å². The topological polar surface area (TPSA) is 0 Å². The van der Waals surface area contributed by atoms with Gasteiger partial charge in [0.2, 0.25) is 0 Å².